The molecule has 0 aliphatic heterocycles. The van der Waals surface area contributed by atoms with Crippen LogP contribution in [0.3, 0.4) is 0 Å². The molecule has 0 aliphatic carbocycles. The highest BCUT2D eigenvalue weighted by Crippen LogP contribution is 2.16. The molecule has 0 atom stereocenters. The van der Waals surface area contributed by atoms with E-state index in [1.54, 1.807) is 24.3 Å². The quantitative estimate of drug-likeness (QED) is 0.670. The minimum atomic E-state index is -0.206. The second-order valence-corrected chi connectivity index (χ2v) is 6.54. The van der Waals surface area contributed by atoms with E-state index in [4.69, 9.17) is 0 Å². The van der Waals surface area contributed by atoms with Crippen LogP contribution >= 0.6 is 0 Å². The van der Waals surface area contributed by atoms with Crippen LogP contribution in [-0.2, 0) is 20.8 Å². The van der Waals surface area contributed by atoms with Gasteiger partial charge in [-0.1, -0.05) is 50.2 Å². The summed E-state index contributed by atoms with van der Waals surface area (Å²) in [5.74, 6) is -0.530. The van der Waals surface area contributed by atoms with Gasteiger partial charge in [0.2, 0.25) is 17.7 Å². The zero-order valence-corrected chi connectivity index (χ0v) is 15.6. The predicted molar refractivity (Wildman–Crippen MR) is 106 cm³/mol. The third-order valence-electron chi connectivity index (χ3n) is 3.82. The summed E-state index contributed by atoms with van der Waals surface area (Å²) < 4.78 is 0. The Labute approximate surface area is 159 Å². The monoisotopic (exact) mass is 367 g/mol. The zero-order valence-electron chi connectivity index (χ0n) is 15.6. The standard InChI is InChI=1S/C21H25N3O3/c1-15(2)21(27)24-18-10-6-9-17(14-18)23-19(25)11-12-22-20(26)13-16-7-4-3-5-8-16/h3-10,14-15H,11-13H2,1-2H3,(H,22,26)(H,23,25)(H,24,27). The second-order valence-electron chi connectivity index (χ2n) is 6.54. The molecule has 2 aromatic rings. The van der Waals surface area contributed by atoms with Crippen LogP contribution in [0.1, 0.15) is 25.8 Å². The Morgan fingerprint density at radius 1 is 0.852 bits per heavy atom. The first-order valence-electron chi connectivity index (χ1n) is 8.95. The Morgan fingerprint density at radius 3 is 2.19 bits per heavy atom. The van der Waals surface area contributed by atoms with Crippen LogP contribution in [0, 0.1) is 5.92 Å². The molecule has 0 fully saturated rings. The Morgan fingerprint density at radius 2 is 1.52 bits per heavy atom. The molecule has 2 rings (SSSR count). The van der Waals surface area contributed by atoms with Gasteiger partial charge in [0.05, 0.1) is 6.42 Å². The summed E-state index contributed by atoms with van der Waals surface area (Å²) in [4.78, 5) is 35.7. The third kappa shape index (κ3) is 7.32. The van der Waals surface area contributed by atoms with E-state index in [2.05, 4.69) is 16.0 Å². The van der Waals surface area contributed by atoms with Gasteiger partial charge in [0.15, 0.2) is 0 Å². The molecule has 142 valence electrons. The van der Waals surface area contributed by atoms with Crippen LogP contribution in [0.5, 0.6) is 0 Å². The minimum absolute atomic E-state index is 0.0837. The van der Waals surface area contributed by atoms with Gasteiger partial charge in [0.1, 0.15) is 0 Å². The fourth-order valence-electron chi connectivity index (χ4n) is 2.34. The number of amides is 3. The smallest absolute Gasteiger partial charge is 0.226 e. The molecule has 0 saturated heterocycles. The number of carbonyl (C=O) groups excluding carboxylic acids is 3. The molecular formula is C21H25N3O3. The van der Waals surface area contributed by atoms with Gasteiger partial charge in [0.25, 0.3) is 0 Å². The Kier molecular flexibility index (Phi) is 7.55. The van der Waals surface area contributed by atoms with E-state index in [1.165, 1.54) is 0 Å². The molecule has 0 radical (unpaired) electrons. The van der Waals surface area contributed by atoms with E-state index in [9.17, 15) is 14.4 Å². The third-order valence-corrected chi connectivity index (χ3v) is 3.82. The van der Waals surface area contributed by atoms with Gasteiger partial charge in [-0.15, -0.1) is 0 Å². The number of hydrogen-bond acceptors (Lipinski definition) is 3. The van der Waals surface area contributed by atoms with E-state index in [-0.39, 0.29) is 36.6 Å². The van der Waals surface area contributed by atoms with Crippen LogP contribution < -0.4 is 16.0 Å². The average molecular weight is 367 g/mol. The molecule has 0 heterocycles. The van der Waals surface area contributed by atoms with E-state index < -0.39 is 0 Å². The van der Waals surface area contributed by atoms with E-state index in [0.717, 1.165) is 5.56 Å². The maximum absolute atomic E-state index is 12.0. The van der Waals surface area contributed by atoms with E-state index >= 15 is 0 Å². The summed E-state index contributed by atoms with van der Waals surface area (Å²) in [6.45, 7) is 3.89. The summed E-state index contributed by atoms with van der Waals surface area (Å²) in [5, 5.41) is 8.30. The molecule has 0 unspecified atom stereocenters. The largest absolute Gasteiger partial charge is 0.355 e. The molecule has 2 aromatic carbocycles. The van der Waals surface area contributed by atoms with Gasteiger partial charge in [-0.2, -0.15) is 0 Å². The van der Waals surface area contributed by atoms with Gasteiger partial charge in [-0.3, -0.25) is 14.4 Å². The number of anilines is 2. The lowest BCUT2D eigenvalue weighted by Gasteiger charge is -2.10. The first kappa shape index (κ1) is 20.2. The van der Waals surface area contributed by atoms with Crippen LogP contribution in [-0.4, -0.2) is 24.3 Å². The lowest BCUT2D eigenvalue weighted by atomic mass is 10.1. The van der Waals surface area contributed by atoms with Gasteiger partial charge >= 0.3 is 0 Å². The molecule has 3 amide bonds. The van der Waals surface area contributed by atoms with Gasteiger partial charge in [0, 0.05) is 30.3 Å². The number of benzene rings is 2. The fourth-order valence-corrected chi connectivity index (χ4v) is 2.34. The van der Waals surface area contributed by atoms with Crippen molar-refractivity contribution in [2.24, 2.45) is 5.92 Å². The summed E-state index contributed by atoms with van der Waals surface area (Å²) in [6, 6.07) is 16.4. The molecule has 0 aliphatic rings. The number of hydrogen-bond donors (Lipinski definition) is 3. The highest BCUT2D eigenvalue weighted by molar-refractivity contribution is 5.94. The van der Waals surface area contributed by atoms with Crippen molar-refractivity contribution in [3.05, 3.63) is 60.2 Å². The molecular weight excluding hydrogens is 342 g/mol. The van der Waals surface area contributed by atoms with Crippen LogP contribution in [0.25, 0.3) is 0 Å². The van der Waals surface area contributed by atoms with Crippen molar-refractivity contribution in [2.45, 2.75) is 26.7 Å². The number of carbonyl (C=O) groups is 3. The average Bonchev–Trinajstić information content (AvgIpc) is 2.62. The molecule has 0 spiro atoms. The van der Waals surface area contributed by atoms with Crippen LogP contribution in [0.2, 0.25) is 0 Å². The van der Waals surface area contributed by atoms with Crippen molar-refractivity contribution in [2.75, 3.05) is 17.2 Å². The number of nitrogens with one attached hydrogen (secondary N) is 3. The second kappa shape index (κ2) is 10.1. The van der Waals surface area contributed by atoms with Crippen molar-refractivity contribution in [3.8, 4) is 0 Å². The number of rotatable bonds is 8. The van der Waals surface area contributed by atoms with Crippen LogP contribution in [0.4, 0.5) is 11.4 Å². The summed E-state index contributed by atoms with van der Waals surface area (Å²) in [5.41, 5.74) is 2.15. The molecule has 6 nitrogen and oxygen atoms in total. The first-order chi connectivity index (χ1) is 12.9. The normalized spacial score (nSPS) is 10.3. The Hall–Kier alpha value is -3.15. The Bertz CT molecular complexity index is 788. The van der Waals surface area contributed by atoms with Crippen molar-refractivity contribution in [1.82, 2.24) is 5.32 Å². The van der Waals surface area contributed by atoms with Crippen LogP contribution in [0.15, 0.2) is 54.6 Å². The summed E-state index contributed by atoms with van der Waals surface area (Å²) >= 11 is 0. The van der Waals surface area contributed by atoms with Crippen molar-refractivity contribution in [3.63, 3.8) is 0 Å². The first-order valence-corrected chi connectivity index (χ1v) is 8.95. The van der Waals surface area contributed by atoms with Gasteiger partial charge in [-0.25, -0.2) is 0 Å². The van der Waals surface area contributed by atoms with E-state index in [1.807, 2.05) is 44.2 Å². The van der Waals surface area contributed by atoms with Gasteiger partial charge < -0.3 is 16.0 Å². The van der Waals surface area contributed by atoms with E-state index in [0.29, 0.717) is 17.8 Å². The molecule has 27 heavy (non-hydrogen) atoms. The topological polar surface area (TPSA) is 87.3 Å². The fraction of sp³-hybridized carbons (Fsp3) is 0.286. The summed E-state index contributed by atoms with van der Waals surface area (Å²) in [6.07, 6.45) is 0.461. The molecule has 6 heteroatoms. The van der Waals surface area contributed by atoms with Crippen molar-refractivity contribution >= 4 is 29.1 Å². The van der Waals surface area contributed by atoms with Crippen molar-refractivity contribution < 1.29 is 14.4 Å². The minimum Gasteiger partial charge on any atom is -0.355 e. The lowest BCUT2D eigenvalue weighted by molar-refractivity contribution is -0.121. The van der Waals surface area contributed by atoms with Crippen molar-refractivity contribution in [1.29, 1.82) is 0 Å². The highest BCUT2D eigenvalue weighted by Gasteiger charge is 2.09. The lowest BCUT2D eigenvalue weighted by Crippen LogP contribution is -2.28. The maximum Gasteiger partial charge on any atom is 0.226 e. The molecule has 3 N–H and O–H groups in total. The molecule has 0 bridgehead atoms. The van der Waals surface area contributed by atoms with Gasteiger partial charge in [-0.05, 0) is 23.8 Å². The SMILES string of the molecule is CC(C)C(=O)Nc1cccc(NC(=O)CCNC(=O)Cc2ccccc2)c1. The summed E-state index contributed by atoms with van der Waals surface area (Å²) in [7, 11) is 0. The Balaban J connectivity index is 1.75. The maximum atomic E-state index is 12.0. The molecule has 0 aromatic heterocycles. The molecule has 0 saturated carbocycles. The zero-order chi connectivity index (χ0) is 19.6. The predicted octanol–water partition coefficient (Wildman–Crippen LogP) is 2.97. The highest BCUT2D eigenvalue weighted by atomic mass is 16.2.